The number of nitrogens with one attached hydrogen (secondary N) is 1. The number of carbonyl (C=O) groups is 2. The molecule has 178 valence electrons. The maximum absolute atomic E-state index is 12.7. The van der Waals surface area contributed by atoms with E-state index in [1.807, 2.05) is 24.3 Å². The van der Waals surface area contributed by atoms with Gasteiger partial charge in [-0.2, -0.15) is 5.26 Å². The number of nitrogens with zero attached hydrogens (tertiary/aromatic N) is 1. The van der Waals surface area contributed by atoms with Gasteiger partial charge in [-0.1, -0.05) is 23.7 Å². The molecule has 0 fully saturated rings. The number of anilines is 1. The Labute approximate surface area is 221 Å². The van der Waals surface area contributed by atoms with Gasteiger partial charge in [0.2, 0.25) is 0 Å². The van der Waals surface area contributed by atoms with E-state index < -0.39 is 11.9 Å². The Kier molecular flexibility index (Phi) is 9.11. The number of benzene rings is 3. The molecule has 9 heteroatoms. The van der Waals surface area contributed by atoms with E-state index in [0.29, 0.717) is 39.9 Å². The van der Waals surface area contributed by atoms with Crippen molar-refractivity contribution in [2.24, 2.45) is 0 Å². The third-order valence-corrected chi connectivity index (χ3v) is 5.80. The highest BCUT2D eigenvalue weighted by Gasteiger charge is 2.15. The Morgan fingerprint density at radius 3 is 2.49 bits per heavy atom. The highest BCUT2D eigenvalue weighted by atomic mass is 127. The van der Waals surface area contributed by atoms with E-state index in [2.05, 4.69) is 32.6 Å². The molecule has 0 bridgehead atoms. The number of methoxy groups -OCH3 is 2. The summed E-state index contributed by atoms with van der Waals surface area (Å²) in [5.74, 6) is -0.0715. The van der Waals surface area contributed by atoms with Gasteiger partial charge in [0.05, 0.1) is 23.4 Å². The molecule has 0 radical (unpaired) electrons. The molecule has 0 aromatic heterocycles. The molecule has 35 heavy (non-hydrogen) atoms. The van der Waals surface area contributed by atoms with Crippen LogP contribution in [0.3, 0.4) is 0 Å². The van der Waals surface area contributed by atoms with Crippen LogP contribution in [0, 0.1) is 14.9 Å². The molecule has 1 amide bonds. The molecule has 0 aliphatic carbocycles. The number of carbonyl (C=O) groups excluding carboxylic acids is 2. The lowest BCUT2D eigenvalue weighted by molar-refractivity contribution is -0.112. The number of hydrogen-bond donors (Lipinski definition) is 1. The number of nitriles is 1. The fraction of sp³-hybridized carbons (Fsp3) is 0.115. The zero-order valence-corrected chi connectivity index (χ0v) is 21.7. The SMILES string of the molecule is COC(=O)c1ccc(NC(=O)/C(C#N)=C/c2cc(I)c(OCc3cccc(Cl)c3)c(OC)c2)cc1. The van der Waals surface area contributed by atoms with Crippen LogP contribution in [0.25, 0.3) is 6.08 Å². The van der Waals surface area contributed by atoms with Gasteiger partial charge >= 0.3 is 5.97 Å². The minimum Gasteiger partial charge on any atom is -0.493 e. The highest BCUT2D eigenvalue weighted by Crippen LogP contribution is 2.35. The Bertz CT molecular complexity index is 1320. The lowest BCUT2D eigenvalue weighted by Gasteiger charge is -2.14. The van der Waals surface area contributed by atoms with Crippen LogP contribution in [-0.4, -0.2) is 26.1 Å². The molecule has 0 aliphatic heterocycles. The van der Waals surface area contributed by atoms with Crippen LogP contribution in [0.4, 0.5) is 5.69 Å². The van der Waals surface area contributed by atoms with Crippen LogP contribution in [-0.2, 0) is 16.1 Å². The third kappa shape index (κ3) is 6.97. The summed E-state index contributed by atoms with van der Waals surface area (Å²) in [5.41, 5.74) is 2.17. The van der Waals surface area contributed by atoms with Gasteiger partial charge in [-0.25, -0.2) is 4.79 Å². The Hall–Kier alpha value is -3.55. The first-order valence-electron chi connectivity index (χ1n) is 10.2. The maximum atomic E-state index is 12.7. The number of hydrogen-bond acceptors (Lipinski definition) is 6. The molecule has 1 N–H and O–H groups in total. The summed E-state index contributed by atoms with van der Waals surface area (Å²) in [6.07, 6.45) is 1.46. The molecule has 0 heterocycles. The molecule has 0 spiro atoms. The van der Waals surface area contributed by atoms with Crippen molar-refractivity contribution in [1.82, 2.24) is 0 Å². The molecule has 0 saturated carbocycles. The number of esters is 1. The smallest absolute Gasteiger partial charge is 0.337 e. The van der Waals surface area contributed by atoms with Gasteiger partial charge in [0.25, 0.3) is 5.91 Å². The normalized spacial score (nSPS) is 10.8. The van der Waals surface area contributed by atoms with E-state index in [4.69, 9.17) is 21.1 Å². The number of amides is 1. The van der Waals surface area contributed by atoms with E-state index in [9.17, 15) is 14.9 Å². The van der Waals surface area contributed by atoms with Crippen molar-refractivity contribution in [3.05, 3.63) is 91.5 Å². The zero-order chi connectivity index (χ0) is 25.4. The first-order chi connectivity index (χ1) is 16.8. The predicted molar refractivity (Wildman–Crippen MR) is 141 cm³/mol. The van der Waals surface area contributed by atoms with Gasteiger partial charge in [0.1, 0.15) is 18.2 Å². The molecule has 0 aliphatic rings. The van der Waals surface area contributed by atoms with Crippen LogP contribution in [0.1, 0.15) is 21.5 Å². The van der Waals surface area contributed by atoms with Gasteiger partial charge in [-0.15, -0.1) is 0 Å². The van der Waals surface area contributed by atoms with Crippen molar-refractivity contribution in [2.45, 2.75) is 6.61 Å². The second-order valence-corrected chi connectivity index (χ2v) is 8.74. The summed E-state index contributed by atoms with van der Waals surface area (Å²) < 4.78 is 16.8. The number of rotatable bonds is 8. The summed E-state index contributed by atoms with van der Waals surface area (Å²) in [4.78, 5) is 24.2. The van der Waals surface area contributed by atoms with Crippen molar-refractivity contribution in [3.63, 3.8) is 0 Å². The summed E-state index contributed by atoms with van der Waals surface area (Å²) >= 11 is 8.14. The molecule has 0 saturated heterocycles. The van der Waals surface area contributed by atoms with E-state index >= 15 is 0 Å². The topological polar surface area (TPSA) is 97.7 Å². The van der Waals surface area contributed by atoms with Gasteiger partial charge in [0, 0.05) is 10.7 Å². The van der Waals surface area contributed by atoms with Crippen LogP contribution >= 0.6 is 34.2 Å². The largest absolute Gasteiger partial charge is 0.493 e. The van der Waals surface area contributed by atoms with Crippen molar-refractivity contribution in [1.29, 1.82) is 5.26 Å². The highest BCUT2D eigenvalue weighted by molar-refractivity contribution is 14.1. The van der Waals surface area contributed by atoms with Crippen molar-refractivity contribution >= 4 is 57.8 Å². The Morgan fingerprint density at radius 1 is 1.11 bits per heavy atom. The molecule has 3 rings (SSSR count). The molecule has 3 aromatic carbocycles. The average molecular weight is 603 g/mol. The Balaban J connectivity index is 1.78. The van der Waals surface area contributed by atoms with Crippen molar-refractivity contribution in [2.75, 3.05) is 19.5 Å². The molecule has 0 unspecified atom stereocenters. The van der Waals surface area contributed by atoms with E-state index in [1.54, 1.807) is 30.3 Å². The average Bonchev–Trinajstić information content (AvgIpc) is 2.86. The maximum Gasteiger partial charge on any atom is 0.337 e. The van der Waals surface area contributed by atoms with Crippen molar-refractivity contribution < 1.29 is 23.8 Å². The van der Waals surface area contributed by atoms with Gasteiger partial charge in [0.15, 0.2) is 11.5 Å². The molecule has 7 nitrogen and oxygen atoms in total. The standard InChI is InChI=1S/C26H20ClIN2O5/c1-33-23-13-17(12-22(28)24(23)35-15-16-4-3-5-20(27)11-16)10-19(14-29)25(31)30-21-8-6-18(7-9-21)26(32)34-2/h3-13H,15H2,1-2H3,(H,30,31)/b19-10+. The predicted octanol–water partition coefficient (Wildman–Crippen LogP) is 5.86. The van der Waals surface area contributed by atoms with Crippen molar-refractivity contribution in [3.8, 4) is 17.6 Å². The van der Waals surface area contributed by atoms with Crippen LogP contribution in [0.2, 0.25) is 5.02 Å². The number of ether oxygens (including phenoxy) is 3. The molecular formula is C26H20ClIN2O5. The summed E-state index contributed by atoms with van der Waals surface area (Å²) in [6, 6.07) is 18.9. The molecule has 0 atom stereocenters. The fourth-order valence-corrected chi connectivity index (χ4v) is 4.06. The van der Waals surface area contributed by atoms with Crippen LogP contribution in [0.15, 0.2) is 66.2 Å². The van der Waals surface area contributed by atoms with Crippen LogP contribution < -0.4 is 14.8 Å². The summed E-state index contributed by atoms with van der Waals surface area (Å²) in [5, 5.41) is 12.8. The van der Waals surface area contributed by atoms with E-state index in [0.717, 1.165) is 9.13 Å². The second kappa shape index (κ2) is 12.2. The minimum atomic E-state index is -0.589. The Morgan fingerprint density at radius 2 is 1.86 bits per heavy atom. The summed E-state index contributed by atoms with van der Waals surface area (Å²) in [6.45, 7) is 0.294. The van der Waals surface area contributed by atoms with Gasteiger partial charge < -0.3 is 19.5 Å². The second-order valence-electron chi connectivity index (χ2n) is 7.15. The third-order valence-electron chi connectivity index (χ3n) is 4.76. The minimum absolute atomic E-state index is 0.104. The molecular weight excluding hydrogens is 583 g/mol. The number of halogens is 2. The van der Waals surface area contributed by atoms with Crippen LogP contribution in [0.5, 0.6) is 11.5 Å². The molecule has 3 aromatic rings. The van der Waals surface area contributed by atoms with Gasteiger partial charge in [-0.05, 0) is 88.3 Å². The first-order valence-corrected chi connectivity index (χ1v) is 11.7. The van der Waals surface area contributed by atoms with Gasteiger partial charge in [-0.3, -0.25) is 4.79 Å². The lowest BCUT2D eigenvalue weighted by Crippen LogP contribution is -2.13. The summed E-state index contributed by atoms with van der Waals surface area (Å²) in [7, 11) is 2.80. The monoisotopic (exact) mass is 602 g/mol. The fourth-order valence-electron chi connectivity index (χ4n) is 3.07. The zero-order valence-electron chi connectivity index (χ0n) is 18.8. The van der Waals surface area contributed by atoms with E-state index in [1.165, 1.54) is 32.4 Å². The van der Waals surface area contributed by atoms with E-state index in [-0.39, 0.29) is 5.57 Å². The quantitative estimate of drug-likeness (QED) is 0.150. The lowest BCUT2D eigenvalue weighted by atomic mass is 10.1. The first kappa shape index (κ1) is 26.1.